The quantitative estimate of drug-likeness (QED) is 0.433. The molecule has 1 amide bonds. The van der Waals surface area contributed by atoms with Gasteiger partial charge in [-0.1, -0.05) is 26.7 Å². The number of hydrogen-bond donors (Lipinski definition) is 4. The molecule has 0 saturated heterocycles. The molecule has 0 aromatic heterocycles. The van der Waals surface area contributed by atoms with Gasteiger partial charge in [0.15, 0.2) is 0 Å². The maximum atomic E-state index is 11.2. The number of rotatable bonds is 10. The van der Waals surface area contributed by atoms with Gasteiger partial charge in [-0.25, -0.2) is 4.57 Å². The maximum absolute atomic E-state index is 11.2. The lowest BCUT2D eigenvalue weighted by Crippen LogP contribution is -2.49. The minimum absolute atomic E-state index is 0.0953. The number of carbonyl (C=O) groups excluding carboxylic acids is 1. The second-order valence-electron chi connectivity index (χ2n) is 4.18. The highest BCUT2D eigenvalue weighted by Gasteiger charge is 2.23. The highest BCUT2D eigenvalue weighted by atomic mass is 31.2. The Kier molecular flexibility index (Phi) is 8.39. The lowest BCUT2D eigenvalue weighted by Gasteiger charge is -2.23. The molecule has 108 valence electrons. The lowest BCUT2D eigenvalue weighted by atomic mass is 10.1. The average Bonchev–Trinajstić information content (AvgIpc) is 2.22. The van der Waals surface area contributed by atoms with E-state index >= 15 is 0 Å². The van der Waals surface area contributed by atoms with Crippen LogP contribution in [0.3, 0.4) is 0 Å². The lowest BCUT2D eigenvalue weighted by molar-refractivity contribution is -0.121. The average molecular weight is 282 g/mol. The van der Waals surface area contributed by atoms with Gasteiger partial charge in [0.25, 0.3) is 0 Å². The van der Waals surface area contributed by atoms with Crippen molar-refractivity contribution in [3.05, 3.63) is 0 Å². The fraction of sp³-hybridized carbons (Fsp3) is 0.900. The van der Waals surface area contributed by atoms with E-state index in [2.05, 4.69) is 9.84 Å². The summed E-state index contributed by atoms with van der Waals surface area (Å²) in [6, 6.07) is -0.793. The Balaban J connectivity index is 4.40. The van der Waals surface area contributed by atoms with Gasteiger partial charge in [-0.15, -0.1) is 0 Å². The standard InChI is InChI=1S/C10H23N2O5P/c1-3-5-8(6-4-2)12-9(10(11)13)7-17-18(14,15)16/h8-9,12H,3-7H2,1-2H3,(H2,11,13)(H2,14,15,16)/t9-/m1/s1. The number of carbonyl (C=O) groups is 1. The minimum atomic E-state index is -4.58. The third-order valence-electron chi connectivity index (χ3n) is 2.46. The molecule has 1 atom stereocenters. The number of hydrogen-bond acceptors (Lipinski definition) is 4. The second-order valence-corrected chi connectivity index (χ2v) is 5.42. The van der Waals surface area contributed by atoms with Crippen LogP contribution in [-0.4, -0.2) is 34.4 Å². The van der Waals surface area contributed by atoms with Crippen LogP contribution in [0.2, 0.25) is 0 Å². The van der Waals surface area contributed by atoms with Gasteiger partial charge in [0.05, 0.1) is 6.61 Å². The molecule has 7 nitrogen and oxygen atoms in total. The van der Waals surface area contributed by atoms with E-state index in [4.69, 9.17) is 15.5 Å². The van der Waals surface area contributed by atoms with Crippen LogP contribution in [0.5, 0.6) is 0 Å². The van der Waals surface area contributed by atoms with Gasteiger partial charge in [-0.3, -0.25) is 9.32 Å². The molecule has 0 aliphatic heterocycles. The smallest absolute Gasteiger partial charge is 0.368 e. The van der Waals surface area contributed by atoms with Crippen LogP contribution in [0.25, 0.3) is 0 Å². The van der Waals surface area contributed by atoms with Gasteiger partial charge in [0.2, 0.25) is 5.91 Å². The molecular formula is C10H23N2O5P. The SMILES string of the molecule is CCCC(CCC)N[C@H](COP(=O)(O)O)C(N)=O. The zero-order valence-electron chi connectivity index (χ0n) is 10.8. The summed E-state index contributed by atoms with van der Waals surface area (Å²) in [6.07, 6.45) is 3.63. The third-order valence-corrected chi connectivity index (χ3v) is 2.95. The molecule has 0 spiro atoms. The van der Waals surface area contributed by atoms with Crippen LogP contribution < -0.4 is 11.1 Å². The van der Waals surface area contributed by atoms with Gasteiger partial charge < -0.3 is 20.8 Å². The van der Waals surface area contributed by atoms with Crippen molar-refractivity contribution in [1.82, 2.24) is 5.32 Å². The molecule has 0 heterocycles. The highest BCUT2D eigenvalue weighted by molar-refractivity contribution is 7.46. The number of nitrogens with two attached hydrogens (primary N) is 1. The van der Waals surface area contributed by atoms with Gasteiger partial charge >= 0.3 is 7.82 Å². The Bertz CT molecular complexity index is 288. The molecule has 5 N–H and O–H groups in total. The van der Waals surface area contributed by atoms with Crippen molar-refractivity contribution in [1.29, 1.82) is 0 Å². The second kappa shape index (κ2) is 8.61. The van der Waals surface area contributed by atoms with Crippen molar-refractivity contribution in [2.24, 2.45) is 5.73 Å². The summed E-state index contributed by atoms with van der Waals surface area (Å²) in [7, 11) is -4.58. The Hall–Kier alpha value is -0.460. The summed E-state index contributed by atoms with van der Waals surface area (Å²) in [5.41, 5.74) is 5.17. The Morgan fingerprint density at radius 3 is 2.17 bits per heavy atom. The van der Waals surface area contributed by atoms with E-state index in [-0.39, 0.29) is 6.04 Å². The van der Waals surface area contributed by atoms with E-state index in [0.717, 1.165) is 25.7 Å². The van der Waals surface area contributed by atoms with Crippen molar-refractivity contribution < 1.29 is 23.7 Å². The molecule has 0 bridgehead atoms. The summed E-state index contributed by atoms with van der Waals surface area (Å²) in [5, 5.41) is 2.99. The minimum Gasteiger partial charge on any atom is -0.368 e. The number of nitrogens with one attached hydrogen (secondary N) is 1. The molecular weight excluding hydrogens is 259 g/mol. The Morgan fingerprint density at radius 2 is 1.83 bits per heavy atom. The molecule has 0 unspecified atom stereocenters. The van der Waals surface area contributed by atoms with Gasteiger partial charge in [0.1, 0.15) is 6.04 Å². The topological polar surface area (TPSA) is 122 Å². The van der Waals surface area contributed by atoms with E-state index in [1.165, 1.54) is 0 Å². The van der Waals surface area contributed by atoms with E-state index in [1.54, 1.807) is 0 Å². The summed E-state index contributed by atoms with van der Waals surface area (Å²) in [6.45, 7) is 3.62. The summed E-state index contributed by atoms with van der Waals surface area (Å²) < 4.78 is 14.9. The fourth-order valence-corrected chi connectivity index (χ4v) is 2.02. The summed E-state index contributed by atoms with van der Waals surface area (Å²) in [4.78, 5) is 28.4. The molecule has 18 heavy (non-hydrogen) atoms. The largest absolute Gasteiger partial charge is 0.469 e. The van der Waals surface area contributed by atoms with Crippen LogP contribution in [0.1, 0.15) is 39.5 Å². The van der Waals surface area contributed by atoms with Gasteiger partial charge in [0, 0.05) is 6.04 Å². The summed E-state index contributed by atoms with van der Waals surface area (Å²) in [5.74, 6) is -0.680. The van der Waals surface area contributed by atoms with Gasteiger partial charge in [-0.2, -0.15) is 0 Å². The Labute approximate surface area is 107 Å². The van der Waals surface area contributed by atoms with Crippen LogP contribution in [-0.2, 0) is 13.9 Å². The monoisotopic (exact) mass is 282 g/mol. The first kappa shape index (κ1) is 17.5. The fourth-order valence-electron chi connectivity index (χ4n) is 1.68. The number of amides is 1. The molecule has 0 aliphatic carbocycles. The van der Waals surface area contributed by atoms with E-state index < -0.39 is 26.4 Å². The van der Waals surface area contributed by atoms with Crippen molar-refractivity contribution in [3.8, 4) is 0 Å². The molecule has 0 fully saturated rings. The summed E-state index contributed by atoms with van der Waals surface area (Å²) >= 11 is 0. The number of phosphoric ester groups is 1. The zero-order chi connectivity index (χ0) is 14.2. The first-order valence-electron chi connectivity index (χ1n) is 6.05. The maximum Gasteiger partial charge on any atom is 0.469 e. The predicted molar refractivity (Wildman–Crippen MR) is 67.7 cm³/mol. The van der Waals surface area contributed by atoms with Crippen molar-refractivity contribution in [3.63, 3.8) is 0 Å². The van der Waals surface area contributed by atoms with E-state index in [1.807, 2.05) is 13.8 Å². The highest BCUT2D eigenvalue weighted by Crippen LogP contribution is 2.35. The number of primary amides is 1. The zero-order valence-corrected chi connectivity index (χ0v) is 11.7. The van der Waals surface area contributed by atoms with Crippen molar-refractivity contribution in [2.75, 3.05) is 6.61 Å². The molecule has 0 aromatic rings. The first-order chi connectivity index (χ1) is 8.30. The van der Waals surface area contributed by atoms with Crippen LogP contribution in [0, 0.1) is 0 Å². The molecule has 0 radical (unpaired) electrons. The molecule has 0 rings (SSSR count). The van der Waals surface area contributed by atoms with Gasteiger partial charge in [-0.05, 0) is 12.8 Å². The van der Waals surface area contributed by atoms with Crippen molar-refractivity contribution >= 4 is 13.7 Å². The molecule has 8 heteroatoms. The predicted octanol–water partition coefficient (Wildman–Crippen LogP) is 0.508. The number of phosphoric acid groups is 1. The third kappa shape index (κ3) is 8.60. The van der Waals surface area contributed by atoms with Crippen LogP contribution >= 0.6 is 7.82 Å². The van der Waals surface area contributed by atoms with Crippen molar-refractivity contribution in [2.45, 2.75) is 51.6 Å². The normalized spacial score (nSPS) is 13.8. The van der Waals surface area contributed by atoms with Crippen LogP contribution in [0.4, 0.5) is 0 Å². The van der Waals surface area contributed by atoms with E-state index in [0.29, 0.717) is 0 Å². The Morgan fingerprint density at radius 1 is 1.33 bits per heavy atom. The van der Waals surface area contributed by atoms with Crippen LogP contribution in [0.15, 0.2) is 0 Å². The molecule has 0 saturated carbocycles. The molecule has 0 aromatic carbocycles. The van der Waals surface area contributed by atoms with E-state index in [9.17, 15) is 9.36 Å². The molecule has 0 aliphatic rings. The first-order valence-corrected chi connectivity index (χ1v) is 7.58.